The van der Waals surface area contributed by atoms with Crippen molar-refractivity contribution in [1.29, 1.82) is 0 Å². The molecule has 2 unspecified atom stereocenters. The predicted molar refractivity (Wildman–Crippen MR) is 67.9 cm³/mol. The van der Waals surface area contributed by atoms with Gasteiger partial charge in [0.15, 0.2) is 0 Å². The van der Waals surface area contributed by atoms with Gasteiger partial charge < -0.3 is 18.7 Å². The average Bonchev–Trinajstić information content (AvgIpc) is 2.62. The first-order valence-electron chi connectivity index (χ1n) is 6.13. The zero-order chi connectivity index (χ0) is 14.0. The van der Waals surface area contributed by atoms with E-state index in [0.717, 1.165) is 12.2 Å². The summed E-state index contributed by atoms with van der Waals surface area (Å²) in [6.07, 6.45) is 0.327. The number of benzene rings is 1. The molecule has 0 amide bonds. The van der Waals surface area contributed by atoms with E-state index in [-0.39, 0.29) is 41.6 Å². The van der Waals surface area contributed by atoms with Crippen LogP contribution in [-0.4, -0.2) is 18.7 Å². The van der Waals surface area contributed by atoms with Gasteiger partial charge in [0.2, 0.25) is 0 Å². The van der Waals surface area contributed by atoms with E-state index in [1.54, 1.807) is 19.1 Å². The van der Waals surface area contributed by atoms with Crippen LogP contribution in [0.3, 0.4) is 0 Å². The molecular weight excluding hydrogens is 290 g/mol. The van der Waals surface area contributed by atoms with Crippen molar-refractivity contribution in [2.24, 2.45) is 0 Å². The standard InChI is InChI=1S/C13H17O5P.Na/c1-9(18-19(2,15)16)7-8-12-10-5-3-4-6-11(10)13(14)17-12;/h3-6,9,12H,7-8H2,1-2H3,(H,15,16);/q;+1/p-1/t9?,12-;/m0./s1. The van der Waals surface area contributed by atoms with Gasteiger partial charge in [-0.1, -0.05) is 18.2 Å². The van der Waals surface area contributed by atoms with Crippen molar-refractivity contribution < 1.29 is 53.1 Å². The Morgan fingerprint density at radius 1 is 1.45 bits per heavy atom. The Morgan fingerprint density at radius 2 is 2.10 bits per heavy atom. The number of esters is 1. The Bertz CT molecular complexity index is 527. The Labute approximate surface area is 140 Å². The summed E-state index contributed by atoms with van der Waals surface area (Å²) in [4.78, 5) is 22.6. The third kappa shape index (κ3) is 4.69. The summed E-state index contributed by atoms with van der Waals surface area (Å²) in [5.41, 5.74) is 1.45. The fraction of sp³-hybridized carbons (Fsp3) is 0.462. The number of carbonyl (C=O) groups is 1. The molecule has 104 valence electrons. The minimum Gasteiger partial charge on any atom is -0.779 e. The number of ether oxygens (including phenoxy) is 1. The van der Waals surface area contributed by atoms with Crippen LogP contribution in [0.4, 0.5) is 0 Å². The molecule has 1 aliphatic rings. The largest absolute Gasteiger partial charge is 1.00 e. The Hall–Kier alpha value is -0.160. The molecule has 0 spiro atoms. The summed E-state index contributed by atoms with van der Waals surface area (Å²) in [6, 6.07) is 7.23. The second-order valence-electron chi connectivity index (χ2n) is 4.75. The summed E-state index contributed by atoms with van der Waals surface area (Å²) >= 11 is 0. The molecule has 0 radical (unpaired) electrons. The molecule has 1 aromatic rings. The molecule has 1 aromatic carbocycles. The molecule has 0 N–H and O–H groups in total. The summed E-state index contributed by atoms with van der Waals surface area (Å²) in [5.74, 6) is -0.320. The van der Waals surface area contributed by atoms with E-state index in [9.17, 15) is 14.3 Å². The van der Waals surface area contributed by atoms with E-state index in [1.807, 2.05) is 12.1 Å². The molecule has 0 aromatic heterocycles. The Balaban J connectivity index is 0.00000200. The van der Waals surface area contributed by atoms with Crippen molar-refractivity contribution in [2.45, 2.75) is 32.0 Å². The summed E-state index contributed by atoms with van der Waals surface area (Å²) < 4.78 is 21.2. The topological polar surface area (TPSA) is 75.7 Å². The normalized spacial score (nSPS) is 21.4. The molecule has 0 fully saturated rings. The van der Waals surface area contributed by atoms with Gasteiger partial charge in [0.25, 0.3) is 0 Å². The third-order valence-corrected chi connectivity index (χ3v) is 3.73. The first-order valence-corrected chi connectivity index (χ1v) is 8.12. The molecule has 0 saturated carbocycles. The van der Waals surface area contributed by atoms with Crippen LogP contribution in [0, 0.1) is 0 Å². The third-order valence-electron chi connectivity index (χ3n) is 2.98. The molecule has 1 heterocycles. The summed E-state index contributed by atoms with van der Waals surface area (Å²) in [5, 5.41) is 0. The molecule has 5 nitrogen and oxygen atoms in total. The minimum absolute atomic E-state index is 0. The summed E-state index contributed by atoms with van der Waals surface area (Å²) in [7, 11) is -3.72. The quantitative estimate of drug-likeness (QED) is 0.407. The van der Waals surface area contributed by atoms with Gasteiger partial charge in [-0.05, 0) is 25.8 Å². The zero-order valence-corrected chi connectivity index (χ0v) is 14.8. The molecule has 3 atom stereocenters. The van der Waals surface area contributed by atoms with Crippen molar-refractivity contribution in [3.63, 3.8) is 0 Å². The van der Waals surface area contributed by atoms with Gasteiger partial charge in [0.05, 0.1) is 11.7 Å². The first kappa shape index (κ1) is 17.9. The van der Waals surface area contributed by atoms with Gasteiger partial charge in [0, 0.05) is 12.2 Å². The van der Waals surface area contributed by atoms with E-state index in [4.69, 9.17) is 9.26 Å². The maximum absolute atomic E-state index is 11.6. The van der Waals surface area contributed by atoms with Crippen molar-refractivity contribution in [3.05, 3.63) is 35.4 Å². The Morgan fingerprint density at radius 3 is 2.75 bits per heavy atom. The van der Waals surface area contributed by atoms with Gasteiger partial charge in [-0.2, -0.15) is 0 Å². The second-order valence-corrected chi connectivity index (χ2v) is 6.50. The van der Waals surface area contributed by atoms with E-state index < -0.39 is 13.7 Å². The number of rotatable bonds is 5. The van der Waals surface area contributed by atoms with E-state index in [0.29, 0.717) is 18.4 Å². The molecule has 7 heteroatoms. The smallest absolute Gasteiger partial charge is 0.779 e. The fourth-order valence-corrected chi connectivity index (χ4v) is 2.96. The number of hydrogen-bond acceptors (Lipinski definition) is 5. The number of fused-ring (bicyclic) bond motifs is 1. The van der Waals surface area contributed by atoms with Gasteiger partial charge >= 0.3 is 35.5 Å². The van der Waals surface area contributed by atoms with E-state index in [1.165, 1.54) is 0 Å². The number of carbonyl (C=O) groups excluding carboxylic acids is 1. The van der Waals surface area contributed by atoms with Gasteiger partial charge in [-0.15, -0.1) is 0 Å². The fourth-order valence-electron chi connectivity index (χ4n) is 2.20. The minimum atomic E-state index is -3.72. The first-order chi connectivity index (χ1) is 8.87. The van der Waals surface area contributed by atoms with Crippen LogP contribution in [0.15, 0.2) is 24.3 Å². The molecule has 0 aliphatic carbocycles. The van der Waals surface area contributed by atoms with Gasteiger partial charge in [-0.3, -0.25) is 0 Å². The monoisotopic (exact) mass is 306 g/mol. The van der Waals surface area contributed by atoms with E-state index >= 15 is 0 Å². The number of hydrogen-bond donors (Lipinski definition) is 0. The van der Waals surface area contributed by atoms with Crippen LogP contribution in [-0.2, 0) is 13.8 Å². The predicted octanol–water partition coefficient (Wildman–Crippen LogP) is -0.729. The molecule has 2 rings (SSSR count). The number of cyclic esters (lactones) is 1. The van der Waals surface area contributed by atoms with Crippen LogP contribution in [0.5, 0.6) is 0 Å². The van der Waals surface area contributed by atoms with Crippen LogP contribution >= 0.6 is 7.60 Å². The van der Waals surface area contributed by atoms with Crippen molar-refractivity contribution >= 4 is 13.6 Å². The van der Waals surface area contributed by atoms with E-state index in [2.05, 4.69) is 0 Å². The van der Waals surface area contributed by atoms with Crippen LogP contribution < -0.4 is 34.5 Å². The van der Waals surface area contributed by atoms with Gasteiger partial charge in [0.1, 0.15) is 13.7 Å². The molecule has 20 heavy (non-hydrogen) atoms. The maximum atomic E-state index is 11.6. The average molecular weight is 306 g/mol. The molecule has 1 aliphatic heterocycles. The van der Waals surface area contributed by atoms with Crippen LogP contribution in [0.2, 0.25) is 0 Å². The Kier molecular flexibility index (Phi) is 6.45. The molecule has 0 bridgehead atoms. The van der Waals surface area contributed by atoms with Crippen LogP contribution in [0.25, 0.3) is 0 Å². The molecular formula is C13H16NaO5P. The van der Waals surface area contributed by atoms with Crippen molar-refractivity contribution in [2.75, 3.05) is 6.66 Å². The summed E-state index contributed by atoms with van der Waals surface area (Å²) in [6.45, 7) is 2.74. The van der Waals surface area contributed by atoms with Crippen LogP contribution in [0.1, 0.15) is 41.8 Å². The van der Waals surface area contributed by atoms with Crippen molar-refractivity contribution in [3.8, 4) is 0 Å². The second kappa shape index (κ2) is 7.21. The SMILES string of the molecule is CC(CC[C@@H]1OC(=O)c2ccccc21)OP(C)(=O)[O-].[Na+]. The van der Waals surface area contributed by atoms with Gasteiger partial charge in [-0.25, -0.2) is 4.79 Å². The van der Waals surface area contributed by atoms with Crippen molar-refractivity contribution in [1.82, 2.24) is 0 Å². The molecule has 0 saturated heterocycles. The maximum Gasteiger partial charge on any atom is 1.00 e. The zero-order valence-electron chi connectivity index (χ0n) is 11.9.